The summed E-state index contributed by atoms with van der Waals surface area (Å²) in [4.78, 5) is 13.7. The van der Waals surface area contributed by atoms with E-state index in [9.17, 15) is 4.79 Å². The number of carbonyl (C=O) groups is 1. The molecule has 1 atom stereocenters. The van der Waals surface area contributed by atoms with E-state index in [1.807, 2.05) is 30.0 Å². The summed E-state index contributed by atoms with van der Waals surface area (Å²) in [6.07, 6.45) is 0.635. The van der Waals surface area contributed by atoms with Crippen molar-refractivity contribution in [2.24, 2.45) is 5.92 Å². The molecule has 0 radical (unpaired) electrons. The van der Waals surface area contributed by atoms with Gasteiger partial charge in [0.1, 0.15) is 5.75 Å². The van der Waals surface area contributed by atoms with Crippen molar-refractivity contribution in [1.82, 2.24) is 0 Å². The van der Waals surface area contributed by atoms with Crippen LogP contribution in [0.1, 0.15) is 12.0 Å². The Balaban J connectivity index is 2.23. The molecule has 1 aromatic carbocycles. The van der Waals surface area contributed by atoms with Gasteiger partial charge < -0.3 is 9.64 Å². The molecule has 1 aliphatic heterocycles. The topological polar surface area (TPSA) is 29.5 Å². The van der Waals surface area contributed by atoms with Crippen molar-refractivity contribution < 1.29 is 9.53 Å². The SMILES string of the molecule is COc1ccc(N2CC(CBr)CC2=O)cc1C. The van der Waals surface area contributed by atoms with E-state index in [0.717, 1.165) is 28.9 Å². The number of alkyl halides is 1. The Kier molecular flexibility index (Phi) is 3.72. The number of ether oxygens (including phenoxy) is 1. The molecular formula is C13H16BrNO2. The van der Waals surface area contributed by atoms with Gasteiger partial charge in [0.2, 0.25) is 5.91 Å². The first-order chi connectivity index (χ1) is 8.15. The zero-order valence-corrected chi connectivity index (χ0v) is 11.7. The minimum atomic E-state index is 0.207. The summed E-state index contributed by atoms with van der Waals surface area (Å²) < 4.78 is 5.22. The Morgan fingerprint density at radius 1 is 1.53 bits per heavy atom. The number of benzene rings is 1. The smallest absolute Gasteiger partial charge is 0.227 e. The lowest BCUT2D eigenvalue weighted by molar-refractivity contribution is -0.117. The molecule has 0 aromatic heterocycles. The maximum Gasteiger partial charge on any atom is 0.227 e. The lowest BCUT2D eigenvalue weighted by Gasteiger charge is -2.18. The van der Waals surface area contributed by atoms with Crippen LogP contribution in [0.5, 0.6) is 5.75 Å². The number of rotatable bonds is 3. The molecule has 92 valence electrons. The van der Waals surface area contributed by atoms with Gasteiger partial charge >= 0.3 is 0 Å². The van der Waals surface area contributed by atoms with Crippen LogP contribution in [0.2, 0.25) is 0 Å². The number of aryl methyl sites for hydroxylation is 1. The second-order valence-corrected chi connectivity index (χ2v) is 5.03. The summed E-state index contributed by atoms with van der Waals surface area (Å²) in [5.41, 5.74) is 2.02. The van der Waals surface area contributed by atoms with Crippen LogP contribution in [0, 0.1) is 12.8 Å². The summed E-state index contributed by atoms with van der Waals surface area (Å²) in [6, 6.07) is 5.87. The largest absolute Gasteiger partial charge is 0.496 e. The number of anilines is 1. The third-order valence-electron chi connectivity index (χ3n) is 3.11. The van der Waals surface area contributed by atoms with Crippen LogP contribution in [0.3, 0.4) is 0 Å². The van der Waals surface area contributed by atoms with Crippen LogP contribution in [-0.2, 0) is 4.79 Å². The van der Waals surface area contributed by atoms with Gasteiger partial charge in [-0.25, -0.2) is 0 Å². The quantitative estimate of drug-likeness (QED) is 0.803. The average molecular weight is 298 g/mol. The molecule has 2 rings (SSSR count). The van der Waals surface area contributed by atoms with Gasteiger partial charge in [-0.1, -0.05) is 15.9 Å². The van der Waals surface area contributed by atoms with Gasteiger partial charge in [0.25, 0.3) is 0 Å². The van der Waals surface area contributed by atoms with Crippen molar-refractivity contribution in [1.29, 1.82) is 0 Å². The van der Waals surface area contributed by atoms with E-state index in [2.05, 4.69) is 15.9 Å². The van der Waals surface area contributed by atoms with Crippen LogP contribution < -0.4 is 9.64 Å². The number of nitrogens with zero attached hydrogens (tertiary/aromatic N) is 1. The molecule has 1 fully saturated rings. The van der Waals surface area contributed by atoms with Crippen LogP contribution >= 0.6 is 15.9 Å². The van der Waals surface area contributed by atoms with Crippen LogP contribution in [-0.4, -0.2) is 24.9 Å². The van der Waals surface area contributed by atoms with E-state index in [1.54, 1.807) is 7.11 Å². The molecule has 0 saturated carbocycles. The summed E-state index contributed by atoms with van der Waals surface area (Å²) >= 11 is 3.44. The Hall–Kier alpha value is -1.03. The van der Waals surface area contributed by atoms with E-state index in [-0.39, 0.29) is 5.91 Å². The Morgan fingerprint density at radius 2 is 2.29 bits per heavy atom. The summed E-state index contributed by atoms with van der Waals surface area (Å²) in [5, 5.41) is 0.879. The van der Waals surface area contributed by atoms with Crippen molar-refractivity contribution in [3.63, 3.8) is 0 Å². The molecule has 17 heavy (non-hydrogen) atoms. The highest BCUT2D eigenvalue weighted by Gasteiger charge is 2.29. The van der Waals surface area contributed by atoms with Crippen molar-refractivity contribution >= 4 is 27.5 Å². The minimum Gasteiger partial charge on any atom is -0.496 e. The van der Waals surface area contributed by atoms with E-state index < -0.39 is 0 Å². The maximum absolute atomic E-state index is 11.9. The van der Waals surface area contributed by atoms with Crippen molar-refractivity contribution in [2.45, 2.75) is 13.3 Å². The van der Waals surface area contributed by atoms with Gasteiger partial charge in [-0.05, 0) is 36.6 Å². The molecule has 1 saturated heterocycles. The van der Waals surface area contributed by atoms with E-state index in [1.165, 1.54) is 0 Å². The molecule has 1 heterocycles. The zero-order valence-electron chi connectivity index (χ0n) is 10.1. The van der Waals surface area contributed by atoms with Crippen molar-refractivity contribution in [2.75, 3.05) is 23.9 Å². The summed E-state index contributed by atoms with van der Waals surface area (Å²) in [6.45, 7) is 2.79. The molecule has 0 aliphatic carbocycles. The monoisotopic (exact) mass is 297 g/mol. The van der Waals surface area contributed by atoms with E-state index in [4.69, 9.17) is 4.74 Å². The zero-order chi connectivity index (χ0) is 12.4. The normalized spacial score (nSPS) is 19.8. The number of hydrogen-bond acceptors (Lipinski definition) is 2. The lowest BCUT2D eigenvalue weighted by Crippen LogP contribution is -2.24. The highest BCUT2D eigenvalue weighted by atomic mass is 79.9. The van der Waals surface area contributed by atoms with Gasteiger partial charge in [0, 0.05) is 24.0 Å². The molecule has 1 amide bonds. The van der Waals surface area contributed by atoms with Gasteiger partial charge in [0.05, 0.1) is 7.11 Å². The number of carbonyl (C=O) groups excluding carboxylic acids is 1. The van der Waals surface area contributed by atoms with Crippen LogP contribution in [0.4, 0.5) is 5.69 Å². The third kappa shape index (κ3) is 2.46. The molecule has 0 spiro atoms. The average Bonchev–Trinajstić information content (AvgIpc) is 2.70. The van der Waals surface area contributed by atoms with Crippen LogP contribution in [0.25, 0.3) is 0 Å². The predicted octanol–water partition coefficient (Wildman–Crippen LogP) is 2.75. The first-order valence-corrected chi connectivity index (χ1v) is 6.79. The third-order valence-corrected chi connectivity index (χ3v) is 4.03. The Labute approximate surface area is 110 Å². The number of methoxy groups -OCH3 is 1. The summed E-state index contributed by atoms with van der Waals surface area (Å²) in [7, 11) is 1.66. The number of amides is 1. The van der Waals surface area contributed by atoms with E-state index >= 15 is 0 Å². The fraction of sp³-hybridized carbons (Fsp3) is 0.462. The molecule has 0 bridgehead atoms. The van der Waals surface area contributed by atoms with Gasteiger partial charge in [0.15, 0.2) is 0 Å². The Bertz CT molecular complexity index is 433. The molecule has 1 aliphatic rings. The van der Waals surface area contributed by atoms with Gasteiger partial charge in [-0.2, -0.15) is 0 Å². The van der Waals surface area contributed by atoms with Gasteiger partial charge in [-0.3, -0.25) is 4.79 Å². The minimum absolute atomic E-state index is 0.207. The molecule has 1 unspecified atom stereocenters. The second-order valence-electron chi connectivity index (χ2n) is 4.38. The molecular weight excluding hydrogens is 282 g/mol. The van der Waals surface area contributed by atoms with E-state index in [0.29, 0.717) is 12.3 Å². The maximum atomic E-state index is 11.9. The fourth-order valence-corrected chi connectivity index (χ4v) is 2.60. The first kappa shape index (κ1) is 12.4. The standard InChI is InChI=1S/C13H16BrNO2/c1-9-5-11(3-4-12(9)17-2)15-8-10(7-14)6-13(15)16/h3-5,10H,6-8H2,1-2H3. The number of halogens is 1. The highest BCUT2D eigenvalue weighted by Crippen LogP contribution is 2.29. The van der Waals surface area contributed by atoms with Gasteiger partial charge in [-0.15, -0.1) is 0 Å². The first-order valence-electron chi connectivity index (χ1n) is 5.66. The number of hydrogen-bond donors (Lipinski definition) is 0. The molecule has 1 aromatic rings. The fourth-order valence-electron chi connectivity index (χ4n) is 2.16. The molecule has 4 heteroatoms. The van der Waals surface area contributed by atoms with Crippen LogP contribution in [0.15, 0.2) is 18.2 Å². The summed E-state index contributed by atoms with van der Waals surface area (Å²) in [5.74, 6) is 1.49. The Morgan fingerprint density at radius 3 is 2.82 bits per heavy atom. The lowest BCUT2D eigenvalue weighted by atomic mass is 10.1. The highest BCUT2D eigenvalue weighted by molar-refractivity contribution is 9.09. The molecule has 0 N–H and O–H groups in total. The molecule has 3 nitrogen and oxygen atoms in total. The van der Waals surface area contributed by atoms with Crippen molar-refractivity contribution in [3.05, 3.63) is 23.8 Å². The second kappa shape index (κ2) is 5.08. The predicted molar refractivity (Wildman–Crippen MR) is 72.0 cm³/mol. The van der Waals surface area contributed by atoms with Crippen molar-refractivity contribution in [3.8, 4) is 5.75 Å².